The minimum atomic E-state index is 0.687. The number of fused-ring (bicyclic) bond motifs is 4. The van der Waals surface area contributed by atoms with E-state index in [9.17, 15) is 0 Å². The Morgan fingerprint density at radius 1 is 1.06 bits per heavy atom. The van der Waals surface area contributed by atoms with Gasteiger partial charge in [0.05, 0.1) is 41.2 Å². The Balaban J connectivity index is 1.70. The fraction of sp³-hybridized carbons (Fsp3) is 0.167. The van der Waals surface area contributed by atoms with Crippen LogP contribution in [0.3, 0.4) is 0 Å². The third-order valence-electron chi connectivity index (χ3n) is 5.87. The average Bonchev–Trinajstić information content (AvgIpc) is 3.46. The van der Waals surface area contributed by atoms with E-state index in [0.29, 0.717) is 5.82 Å². The topological polar surface area (TPSA) is 94.1 Å². The molecule has 0 amide bonds. The smallest absolute Gasteiger partial charge is 0.142 e. The Morgan fingerprint density at radius 2 is 1.94 bits per heavy atom. The molecule has 0 aliphatic carbocycles. The number of aromatic amines is 1. The van der Waals surface area contributed by atoms with Crippen LogP contribution in [0, 0.1) is 20.8 Å². The van der Waals surface area contributed by atoms with Crippen molar-refractivity contribution in [3.8, 4) is 28.1 Å². The van der Waals surface area contributed by atoms with Crippen molar-refractivity contribution in [1.82, 2.24) is 29.7 Å². The summed E-state index contributed by atoms with van der Waals surface area (Å²) in [6.45, 7) is 5.73. The highest BCUT2D eigenvalue weighted by atomic mass is 16.5. The molecule has 0 atom stereocenters. The lowest BCUT2D eigenvalue weighted by molar-refractivity contribution is 0.393. The third-order valence-corrected chi connectivity index (χ3v) is 5.87. The zero-order valence-electron chi connectivity index (χ0n) is 18.1. The normalized spacial score (nSPS) is 11.8. The van der Waals surface area contributed by atoms with Crippen molar-refractivity contribution in [3.63, 3.8) is 0 Å². The number of nitrogens with zero attached hydrogens (tertiary/aromatic N) is 5. The highest BCUT2D eigenvalue weighted by Gasteiger charge is 2.22. The van der Waals surface area contributed by atoms with Gasteiger partial charge in [-0.3, -0.25) is 0 Å². The predicted octanol–water partition coefficient (Wildman–Crippen LogP) is 5.01. The second kappa shape index (κ2) is 6.65. The first-order valence-corrected chi connectivity index (χ1v) is 10.3. The van der Waals surface area contributed by atoms with Crippen LogP contribution in [0.25, 0.3) is 49.8 Å². The van der Waals surface area contributed by atoms with E-state index in [2.05, 4.69) is 26.3 Å². The van der Waals surface area contributed by atoms with Crippen LogP contribution in [-0.2, 0) is 0 Å². The Bertz CT molecular complexity index is 1640. The predicted molar refractivity (Wildman–Crippen MR) is 122 cm³/mol. The van der Waals surface area contributed by atoms with Crippen molar-refractivity contribution in [1.29, 1.82) is 0 Å². The maximum Gasteiger partial charge on any atom is 0.142 e. The number of rotatable bonds is 3. The molecule has 0 radical (unpaired) electrons. The van der Waals surface area contributed by atoms with Crippen molar-refractivity contribution in [2.75, 3.05) is 7.11 Å². The van der Waals surface area contributed by atoms with Gasteiger partial charge in [-0.2, -0.15) is 5.10 Å². The van der Waals surface area contributed by atoms with Crippen LogP contribution in [0.15, 0.2) is 47.2 Å². The van der Waals surface area contributed by atoms with Crippen molar-refractivity contribution in [3.05, 3.63) is 60.0 Å². The van der Waals surface area contributed by atoms with E-state index in [0.717, 1.165) is 67.0 Å². The first-order valence-electron chi connectivity index (χ1n) is 10.3. The molecule has 0 fully saturated rings. The summed E-state index contributed by atoms with van der Waals surface area (Å²) < 4.78 is 13.0. The lowest BCUT2D eigenvalue weighted by Crippen LogP contribution is -1.93. The molecule has 5 aromatic heterocycles. The van der Waals surface area contributed by atoms with Gasteiger partial charge in [0, 0.05) is 28.2 Å². The number of benzene rings is 1. The van der Waals surface area contributed by atoms with Crippen LogP contribution >= 0.6 is 0 Å². The number of aryl methyl sites for hydroxylation is 3. The van der Waals surface area contributed by atoms with E-state index in [1.807, 2.05) is 61.9 Å². The van der Waals surface area contributed by atoms with Crippen molar-refractivity contribution in [2.24, 2.45) is 0 Å². The minimum Gasteiger partial charge on any atom is -0.496 e. The van der Waals surface area contributed by atoms with E-state index in [-0.39, 0.29) is 0 Å². The fourth-order valence-electron chi connectivity index (χ4n) is 4.48. The van der Waals surface area contributed by atoms with Gasteiger partial charge >= 0.3 is 0 Å². The molecule has 0 bridgehead atoms. The maximum absolute atomic E-state index is 5.79. The van der Waals surface area contributed by atoms with Crippen LogP contribution < -0.4 is 4.74 Å². The van der Waals surface area contributed by atoms with Gasteiger partial charge < -0.3 is 14.2 Å². The van der Waals surface area contributed by atoms with Crippen LogP contribution in [0.5, 0.6) is 5.75 Å². The number of aromatic nitrogens is 6. The van der Waals surface area contributed by atoms with Crippen LogP contribution in [0.2, 0.25) is 0 Å². The fourth-order valence-corrected chi connectivity index (χ4v) is 4.48. The first kappa shape index (κ1) is 18.6. The summed E-state index contributed by atoms with van der Waals surface area (Å²) in [5, 5.41) is 10.5. The SMILES string of the molecule is COc1cc2c(cc1-c1c(C)noc1C)[nH]c1nc(C)nc(-c3cnn4ccccc34)c12. The lowest BCUT2D eigenvalue weighted by Gasteiger charge is -2.09. The van der Waals surface area contributed by atoms with E-state index in [4.69, 9.17) is 14.2 Å². The summed E-state index contributed by atoms with van der Waals surface area (Å²) in [7, 11) is 1.67. The Kier molecular flexibility index (Phi) is 3.86. The van der Waals surface area contributed by atoms with Crippen molar-refractivity contribution in [2.45, 2.75) is 20.8 Å². The van der Waals surface area contributed by atoms with Gasteiger partial charge in [0.1, 0.15) is 23.0 Å². The number of methoxy groups -OCH3 is 1. The quantitative estimate of drug-likeness (QED) is 0.429. The number of pyridine rings is 1. The second-order valence-electron chi connectivity index (χ2n) is 7.85. The number of ether oxygens (including phenoxy) is 1. The van der Waals surface area contributed by atoms with Gasteiger partial charge in [0.2, 0.25) is 0 Å². The van der Waals surface area contributed by atoms with Gasteiger partial charge in [-0.15, -0.1) is 0 Å². The highest BCUT2D eigenvalue weighted by molar-refractivity contribution is 6.14. The molecule has 0 aliphatic heterocycles. The van der Waals surface area contributed by atoms with Gasteiger partial charge in [0.25, 0.3) is 0 Å². The van der Waals surface area contributed by atoms with E-state index >= 15 is 0 Å². The van der Waals surface area contributed by atoms with Crippen molar-refractivity contribution < 1.29 is 9.26 Å². The van der Waals surface area contributed by atoms with Gasteiger partial charge in [-0.05, 0) is 45.0 Å². The van der Waals surface area contributed by atoms with E-state index in [1.165, 1.54) is 0 Å². The number of hydrogen-bond acceptors (Lipinski definition) is 6. The molecule has 32 heavy (non-hydrogen) atoms. The summed E-state index contributed by atoms with van der Waals surface area (Å²) in [5.74, 6) is 2.17. The first-order chi connectivity index (χ1) is 15.5. The molecule has 1 N–H and O–H groups in total. The molecular weight excluding hydrogens is 404 g/mol. The minimum absolute atomic E-state index is 0.687. The summed E-state index contributed by atoms with van der Waals surface area (Å²) in [5.41, 5.74) is 7.17. The second-order valence-corrected chi connectivity index (χ2v) is 7.85. The standard InChI is InChI=1S/C24H20N6O2/c1-12-21(13(2)32-29-12)16-9-18-15(10-20(16)31-4)22-23(26-14(3)27-24(22)28-18)17-11-25-30-8-6-5-7-19(17)30/h5-11H,1-4H3,(H,26,27,28). The maximum atomic E-state index is 5.79. The van der Waals surface area contributed by atoms with Crippen molar-refractivity contribution >= 4 is 27.5 Å². The van der Waals surface area contributed by atoms with Gasteiger partial charge in [-0.25, -0.2) is 14.5 Å². The molecule has 0 saturated carbocycles. The molecule has 1 aromatic carbocycles. The lowest BCUT2D eigenvalue weighted by atomic mass is 10.00. The summed E-state index contributed by atoms with van der Waals surface area (Å²) in [6, 6.07) is 10.1. The number of nitrogens with one attached hydrogen (secondary N) is 1. The third kappa shape index (κ3) is 2.56. The zero-order valence-corrected chi connectivity index (χ0v) is 18.1. The zero-order chi connectivity index (χ0) is 22.0. The van der Waals surface area contributed by atoms with Crippen LogP contribution in [0.1, 0.15) is 17.3 Å². The molecule has 0 unspecified atom stereocenters. The Morgan fingerprint density at radius 3 is 2.72 bits per heavy atom. The highest BCUT2D eigenvalue weighted by Crippen LogP contribution is 2.41. The molecule has 8 heteroatoms. The Hall–Kier alpha value is -4.20. The largest absolute Gasteiger partial charge is 0.496 e. The average molecular weight is 424 g/mol. The number of H-pyrrole nitrogens is 1. The molecule has 5 heterocycles. The molecule has 0 spiro atoms. The summed E-state index contributed by atoms with van der Waals surface area (Å²) >= 11 is 0. The van der Waals surface area contributed by atoms with Gasteiger partial charge in [0.15, 0.2) is 0 Å². The molecule has 0 aliphatic rings. The molecule has 6 aromatic rings. The molecule has 6 rings (SSSR count). The van der Waals surface area contributed by atoms with E-state index in [1.54, 1.807) is 7.11 Å². The molecule has 158 valence electrons. The molecule has 0 saturated heterocycles. The summed E-state index contributed by atoms with van der Waals surface area (Å²) in [4.78, 5) is 13.0. The van der Waals surface area contributed by atoms with E-state index < -0.39 is 0 Å². The molecular formula is C24H20N6O2. The van der Waals surface area contributed by atoms with Crippen LogP contribution in [-0.4, -0.2) is 36.8 Å². The Labute approximate surface area is 182 Å². The number of hydrogen-bond donors (Lipinski definition) is 1. The monoisotopic (exact) mass is 424 g/mol. The summed E-state index contributed by atoms with van der Waals surface area (Å²) in [6.07, 6.45) is 3.78. The van der Waals surface area contributed by atoms with Crippen LogP contribution in [0.4, 0.5) is 0 Å². The van der Waals surface area contributed by atoms with Gasteiger partial charge in [-0.1, -0.05) is 11.2 Å². The molecule has 8 nitrogen and oxygen atoms in total.